The molecule has 3 amide bonds. The monoisotopic (exact) mass is 448 g/mol. The van der Waals surface area contributed by atoms with Crippen LogP contribution in [-0.2, 0) is 9.59 Å². The van der Waals surface area contributed by atoms with Crippen molar-refractivity contribution in [1.29, 1.82) is 0 Å². The van der Waals surface area contributed by atoms with E-state index in [9.17, 15) is 18.8 Å². The maximum atomic E-state index is 13.5. The first-order valence-corrected chi connectivity index (χ1v) is 9.86. The van der Waals surface area contributed by atoms with E-state index < -0.39 is 23.7 Å². The van der Waals surface area contributed by atoms with Crippen LogP contribution in [0.2, 0.25) is 5.02 Å². The summed E-state index contributed by atoms with van der Waals surface area (Å²) in [6.45, 7) is 2.14. The third-order valence-electron chi connectivity index (χ3n) is 4.36. The Morgan fingerprint density at radius 3 is 2.53 bits per heavy atom. The second-order valence-corrected chi connectivity index (χ2v) is 7.23. The molecule has 0 radical (unpaired) electrons. The first kappa shape index (κ1) is 21.7. The van der Waals surface area contributed by atoms with Crippen molar-refractivity contribution in [3.8, 4) is 0 Å². The zero-order chi connectivity index (χ0) is 21.8. The van der Waals surface area contributed by atoms with Crippen LogP contribution in [0, 0.1) is 5.82 Å². The van der Waals surface area contributed by atoms with Gasteiger partial charge in [0.05, 0.1) is 12.1 Å². The highest BCUT2D eigenvalue weighted by Crippen LogP contribution is 2.27. The smallest absolute Gasteiger partial charge is 0.269 e. The molecule has 1 aliphatic rings. The molecule has 1 atom stereocenters. The number of hydrogen-bond donors (Lipinski definition) is 2. The number of halogens is 2. The van der Waals surface area contributed by atoms with Gasteiger partial charge in [0.25, 0.3) is 11.8 Å². The average Bonchev–Trinajstić information content (AvgIpc) is 2.93. The number of benzene rings is 2. The largest absolute Gasteiger partial charge is 0.356 e. The molecule has 3 rings (SSSR count). The molecular weight excluding hydrogens is 431 g/mol. The van der Waals surface area contributed by atoms with Crippen LogP contribution in [0.1, 0.15) is 23.7 Å². The fourth-order valence-electron chi connectivity index (χ4n) is 2.98. The maximum absolute atomic E-state index is 13.5. The van der Waals surface area contributed by atoms with Gasteiger partial charge >= 0.3 is 0 Å². The molecule has 2 N–H and O–H groups in total. The van der Waals surface area contributed by atoms with E-state index in [1.807, 2.05) is 0 Å². The lowest BCUT2D eigenvalue weighted by atomic mass is 10.1. The topological polar surface area (TPSA) is 81.8 Å². The number of hydrogen-bond acceptors (Lipinski definition) is 4. The van der Waals surface area contributed by atoms with Crippen molar-refractivity contribution in [3.05, 3.63) is 64.9 Å². The van der Waals surface area contributed by atoms with Gasteiger partial charge in [0.2, 0.25) is 11.0 Å². The molecule has 10 heteroatoms. The van der Waals surface area contributed by atoms with Crippen molar-refractivity contribution < 1.29 is 18.8 Å². The van der Waals surface area contributed by atoms with Crippen LogP contribution in [0.25, 0.3) is 0 Å². The van der Waals surface area contributed by atoms with Gasteiger partial charge in [0.1, 0.15) is 11.9 Å². The second-order valence-electron chi connectivity index (χ2n) is 6.43. The van der Waals surface area contributed by atoms with Gasteiger partial charge in [-0.25, -0.2) is 9.40 Å². The Hall–Kier alpha value is -3.04. The number of nitrogens with zero attached hydrogens (tertiary/aromatic N) is 2. The Balaban J connectivity index is 1.91. The zero-order valence-electron chi connectivity index (χ0n) is 15.9. The van der Waals surface area contributed by atoms with Crippen molar-refractivity contribution in [1.82, 2.24) is 15.8 Å². The predicted molar refractivity (Wildman–Crippen MR) is 114 cm³/mol. The third-order valence-corrected chi connectivity index (χ3v) is 4.99. The normalized spacial score (nSPS) is 16.0. The lowest BCUT2D eigenvalue weighted by Gasteiger charge is -2.24. The summed E-state index contributed by atoms with van der Waals surface area (Å²) in [6.07, 6.45) is -0.222. The molecule has 0 saturated carbocycles. The number of amides is 3. The lowest BCUT2D eigenvalue weighted by molar-refractivity contribution is -0.127. The number of nitrogens with one attached hydrogen (secondary N) is 2. The predicted octanol–water partition coefficient (Wildman–Crippen LogP) is 2.65. The second kappa shape index (κ2) is 9.19. The minimum atomic E-state index is -1.06. The van der Waals surface area contributed by atoms with E-state index in [0.717, 1.165) is 11.1 Å². The molecule has 0 aromatic heterocycles. The standard InChI is InChI=1S/C20H18ClFN4O3S/c1-2-23-17(27)11-16-19(29)25(15-8-6-13(21)7-9-15)20(30)26(16)24-18(28)12-4-3-5-14(22)10-12/h3-10,16H,2,11H2,1H3,(H,23,27)(H,24,28). The third kappa shape index (κ3) is 4.58. The molecule has 7 nitrogen and oxygen atoms in total. The highest BCUT2D eigenvalue weighted by Gasteiger charge is 2.45. The van der Waals surface area contributed by atoms with Crippen LogP contribution in [0.3, 0.4) is 0 Å². The molecule has 2 aromatic rings. The molecule has 1 fully saturated rings. The quantitative estimate of drug-likeness (QED) is 0.664. The van der Waals surface area contributed by atoms with Crippen LogP contribution in [0.4, 0.5) is 10.1 Å². The van der Waals surface area contributed by atoms with Crippen molar-refractivity contribution >= 4 is 52.3 Å². The van der Waals surface area contributed by atoms with Gasteiger partial charge in [0.15, 0.2) is 0 Å². The van der Waals surface area contributed by atoms with E-state index in [-0.39, 0.29) is 23.0 Å². The summed E-state index contributed by atoms with van der Waals surface area (Å²) in [5, 5.41) is 4.25. The molecule has 156 valence electrons. The summed E-state index contributed by atoms with van der Waals surface area (Å²) >= 11 is 11.3. The van der Waals surface area contributed by atoms with E-state index in [1.165, 1.54) is 23.1 Å². The van der Waals surface area contributed by atoms with Crippen LogP contribution in [-0.4, -0.2) is 40.4 Å². The van der Waals surface area contributed by atoms with Gasteiger partial charge in [-0.3, -0.25) is 24.7 Å². The van der Waals surface area contributed by atoms with Crippen molar-refractivity contribution in [3.63, 3.8) is 0 Å². The average molecular weight is 449 g/mol. The number of carbonyl (C=O) groups is 3. The molecule has 0 bridgehead atoms. The van der Waals surface area contributed by atoms with Gasteiger partial charge in [0, 0.05) is 17.1 Å². The first-order chi connectivity index (χ1) is 14.3. The van der Waals surface area contributed by atoms with Crippen LogP contribution in [0.5, 0.6) is 0 Å². The number of carbonyl (C=O) groups excluding carboxylic acids is 3. The highest BCUT2D eigenvalue weighted by atomic mass is 35.5. The minimum Gasteiger partial charge on any atom is -0.356 e. The van der Waals surface area contributed by atoms with E-state index in [1.54, 1.807) is 31.2 Å². The van der Waals surface area contributed by atoms with Crippen molar-refractivity contribution in [2.75, 3.05) is 11.4 Å². The Morgan fingerprint density at radius 1 is 1.20 bits per heavy atom. The summed E-state index contributed by atoms with van der Waals surface area (Å²) in [7, 11) is 0. The highest BCUT2D eigenvalue weighted by molar-refractivity contribution is 7.80. The van der Waals surface area contributed by atoms with E-state index in [2.05, 4.69) is 10.7 Å². The van der Waals surface area contributed by atoms with Gasteiger partial charge in [-0.2, -0.15) is 0 Å². The SMILES string of the molecule is CCNC(=O)CC1C(=O)N(c2ccc(Cl)cc2)C(=S)N1NC(=O)c1cccc(F)c1. The molecule has 30 heavy (non-hydrogen) atoms. The molecule has 1 aliphatic heterocycles. The van der Waals surface area contributed by atoms with Gasteiger partial charge < -0.3 is 5.32 Å². The minimum absolute atomic E-state index is 0.0126. The lowest BCUT2D eigenvalue weighted by Crippen LogP contribution is -2.50. The van der Waals surface area contributed by atoms with Crippen LogP contribution >= 0.6 is 23.8 Å². The van der Waals surface area contributed by atoms with Crippen molar-refractivity contribution in [2.24, 2.45) is 0 Å². The zero-order valence-corrected chi connectivity index (χ0v) is 17.5. The van der Waals surface area contributed by atoms with E-state index in [4.69, 9.17) is 23.8 Å². The Morgan fingerprint density at radius 2 is 1.90 bits per heavy atom. The summed E-state index contributed by atoms with van der Waals surface area (Å²) < 4.78 is 13.5. The van der Waals surface area contributed by atoms with Crippen LogP contribution in [0.15, 0.2) is 48.5 Å². The Labute approximate surface area is 182 Å². The fraction of sp³-hybridized carbons (Fsp3) is 0.200. The molecule has 0 aliphatic carbocycles. The van der Waals surface area contributed by atoms with Gasteiger partial charge in [-0.15, -0.1) is 0 Å². The first-order valence-electron chi connectivity index (χ1n) is 9.07. The van der Waals surface area contributed by atoms with Gasteiger partial charge in [-0.1, -0.05) is 17.7 Å². The number of anilines is 1. The maximum Gasteiger partial charge on any atom is 0.269 e. The molecule has 0 spiro atoms. The summed E-state index contributed by atoms with van der Waals surface area (Å²) in [5.41, 5.74) is 3.02. The van der Waals surface area contributed by atoms with Crippen molar-refractivity contribution in [2.45, 2.75) is 19.4 Å². The van der Waals surface area contributed by atoms with Gasteiger partial charge in [-0.05, 0) is 61.6 Å². The summed E-state index contributed by atoms with van der Waals surface area (Å²) in [5.74, 6) is -2.09. The van der Waals surface area contributed by atoms with E-state index in [0.29, 0.717) is 17.3 Å². The summed E-state index contributed by atoms with van der Waals surface area (Å²) in [6, 6.07) is 10.4. The van der Waals surface area contributed by atoms with E-state index >= 15 is 0 Å². The number of hydrazine groups is 1. The Kier molecular flexibility index (Phi) is 6.63. The Bertz CT molecular complexity index is 1000. The fourth-order valence-corrected chi connectivity index (χ4v) is 3.47. The number of thiocarbonyl (C=S) groups is 1. The number of rotatable bonds is 6. The molecule has 2 aromatic carbocycles. The summed E-state index contributed by atoms with van der Waals surface area (Å²) in [4.78, 5) is 39.1. The molecule has 1 heterocycles. The molecule has 1 unspecified atom stereocenters. The van der Waals surface area contributed by atoms with Crippen LogP contribution < -0.4 is 15.6 Å². The molecular formula is C20H18ClFN4O3S. The molecule has 1 saturated heterocycles.